The first-order chi connectivity index (χ1) is 9.52. The molecule has 0 atom stereocenters. The first-order valence-electron chi connectivity index (χ1n) is 7.16. The summed E-state index contributed by atoms with van der Waals surface area (Å²) in [5.74, 6) is 1.36. The summed E-state index contributed by atoms with van der Waals surface area (Å²) in [4.78, 5) is 9.02. The van der Waals surface area contributed by atoms with Gasteiger partial charge in [-0.05, 0) is 24.8 Å². The summed E-state index contributed by atoms with van der Waals surface area (Å²) in [5, 5.41) is 0.561. The first kappa shape index (κ1) is 15.0. The summed E-state index contributed by atoms with van der Waals surface area (Å²) in [6, 6.07) is 8.57. The monoisotopic (exact) mass is 288 g/mol. The van der Waals surface area contributed by atoms with Gasteiger partial charge in [0.25, 0.3) is 0 Å². The number of halogens is 1. The van der Waals surface area contributed by atoms with Crippen LogP contribution in [-0.4, -0.2) is 9.97 Å². The first-order valence-corrected chi connectivity index (χ1v) is 7.54. The highest BCUT2D eigenvalue weighted by Crippen LogP contribution is 2.27. The number of aromatic nitrogens is 2. The topological polar surface area (TPSA) is 25.8 Å². The lowest BCUT2D eigenvalue weighted by atomic mass is 10.00. The Kier molecular flexibility index (Phi) is 4.77. The van der Waals surface area contributed by atoms with Crippen molar-refractivity contribution < 1.29 is 0 Å². The molecule has 0 N–H and O–H groups in total. The Hall–Kier alpha value is -1.41. The van der Waals surface area contributed by atoms with E-state index in [1.807, 2.05) is 6.92 Å². The predicted octanol–water partition coefficient (Wildman–Crippen LogP) is 5.18. The average molecular weight is 289 g/mol. The van der Waals surface area contributed by atoms with E-state index >= 15 is 0 Å². The third-order valence-corrected chi connectivity index (χ3v) is 3.83. The molecule has 0 spiro atoms. The number of rotatable bonds is 4. The molecular weight excluding hydrogens is 268 g/mol. The van der Waals surface area contributed by atoms with Gasteiger partial charge in [-0.15, -0.1) is 0 Å². The molecule has 2 aromatic rings. The van der Waals surface area contributed by atoms with Gasteiger partial charge in [-0.2, -0.15) is 0 Å². The van der Waals surface area contributed by atoms with E-state index in [2.05, 4.69) is 55.0 Å². The zero-order valence-electron chi connectivity index (χ0n) is 12.6. The molecule has 1 aromatic carbocycles. The molecule has 0 radical (unpaired) electrons. The summed E-state index contributed by atoms with van der Waals surface area (Å²) in [5.41, 5.74) is 4.33. The van der Waals surface area contributed by atoms with Crippen LogP contribution < -0.4 is 0 Å². The number of nitrogens with zero attached hydrogens (tertiary/aromatic N) is 2. The van der Waals surface area contributed by atoms with Crippen molar-refractivity contribution in [1.29, 1.82) is 0 Å². The van der Waals surface area contributed by atoms with Crippen molar-refractivity contribution in [3.63, 3.8) is 0 Å². The largest absolute Gasteiger partial charge is 0.233 e. The van der Waals surface area contributed by atoms with Gasteiger partial charge in [-0.3, -0.25) is 0 Å². The van der Waals surface area contributed by atoms with Gasteiger partial charge < -0.3 is 0 Å². The summed E-state index contributed by atoms with van der Waals surface area (Å²) >= 11 is 6.24. The normalized spacial score (nSPS) is 11.1. The molecule has 20 heavy (non-hydrogen) atoms. The van der Waals surface area contributed by atoms with Gasteiger partial charge in [-0.25, -0.2) is 9.97 Å². The second kappa shape index (κ2) is 6.36. The van der Waals surface area contributed by atoms with Crippen LogP contribution in [0.5, 0.6) is 0 Å². The third kappa shape index (κ3) is 3.18. The quantitative estimate of drug-likeness (QED) is 0.724. The molecular formula is C17H21ClN2. The zero-order chi connectivity index (χ0) is 14.7. The van der Waals surface area contributed by atoms with E-state index < -0.39 is 0 Å². The fourth-order valence-electron chi connectivity index (χ4n) is 2.18. The van der Waals surface area contributed by atoms with Crippen molar-refractivity contribution in [3.05, 3.63) is 46.4 Å². The zero-order valence-corrected chi connectivity index (χ0v) is 13.3. The maximum Gasteiger partial charge on any atom is 0.136 e. The number of aryl methyl sites for hydroxylation is 1. The van der Waals surface area contributed by atoms with E-state index in [1.54, 1.807) is 0 Å². The van der Waals surface area contributed by atoms with E-state index in [0.717, 1.165) is 35.5 Å². The van der Waals surface area contributed by atoms with Crippen molar-refractivity contribution >= 4 is 11.6 Å². The highest BCUT2D eigenvalue weighted by molar-refractivity contribution is 6.30. The highest BCUT2D eigenvalue weighted by atomic mass is 35.5. The molecule has 0 aliphatic heterocycles. The molecule has 3 heteroatoms. The second-order valence-electron chi connectivity index (χ2n) is 5.43. The maximum absolute atomic E-state index is 6.24. The molecule has 0 aliphatic rings. The van der Waals surface area contributed by atoms with Gasteiger partial charge in [0.2, 0.25) is 0 Å². The summed E-state index contributed by atoms with van der Waals surface area (Å²) in [6.45, 7) is 8.49. The van der Waals surface area contributed by atoms with E-state index in [0.29, 0.717) is 11.1 Å². The molecule has 0 saturated heterocycles. The van der Waals surface area contributed by atoms with Crippen molar-refractivity contribution in [1.82, 2.24) is 9.97 Å². The Bertz CT molecular complexity index is 589. The van der Waals surface area contributed by atoms with E-state index in [4.69, 9.17) is 11.6 Å². The standard InChI is InChI=1S/C17H21ClN2/c1-5-6-15-19-16(12(4)17(18)20-15)14-9-7-13(8-10-14)11(2)3/h7-11H,5-6H2,1-4H3. The van der Waals surface area contributed by atoms with Crippen LogP contribution in [0.1, 0.15) is 50.1 Å². The minimum absolute atomic E-state index is 0.537. The van der Waals surface area contributed by atoms with Crippen LogP contribution in [0.2, 0.25) is 5.15 Å². The summed E-state index contributed by atoms with van der Waals surface area (Å²) in [6.07, 6.45) is 1.88. The Morgan fingerprint density at radius 3 is 2.30 bits per heavy atom. The minimum atomic E-state index is 0.537. The number of hydrogen-bond donors (Lipinski definition) is 0. The lowest BCUT2D eigenvalue weighted by Crippen LogP contribution is -2.00. The van der Waals surface area contributed by atoms with Gasteiger partial charge >= 0.3 is 0 Å². The molecule has 1 heterocycles. The van der Waals surface area contributed by atoms with Gasteiger partial charge in [0.1, 0.15) is 11.0 Å². The fraction of sp³-hybridized carbons (Fsp3) is 0.412. The van der Waals surface area contributed by atoms with Crippen molar-refractivity contribution in [2.45, 2.75) is 46.5 Å². The van der Waals surface area contributed by atoms with Crippen LogP contribution in [0.25, 0.3) is 11.3 Å². The van der Waals surface area contributed by atoms with Crippen molar-refractivity contribution in [2.24, 2.45) is 0 Å². The van der Waals surface area contributed by atoms with E-state index in [1.165, 1.54) is 5.56 Å². The molecule has 2 rings (SSSR count). The molecule has 106 valence electrons. The number of hydrogen-bond acceptors (Lipinski definition) is 2. The van der Waals surface area contributed by atoms with Crippen LogP contribution in [0, 0.1) is 6.92 Å². The maximum atomic E-state index is 6.24. The van der Waals surface area contributed by atoms with Crippen molar-refractivity contribution in [3.8, 4) is 11.3 Å². The average Bonchev–Trinajstić information content (AvgIpc) is 2.43. The second-order valence-corrected chi connectivity index (χ2v) is 5.79. The smallest absolute Gasteiger partial charge is 0.136 e. The molecule has 2 nitrogen and oxygen atoms in total. The van der Waals surface area contributed by atoms with Gasteiger partial charge in [0, 0.05) is 17.5 Å². The van der Waals surface area contributed by atoms with Crippen LogP contribution in [0.4, 0.5) is 0 Å². The van der Waals surface area contributed by atoms with E-state index in [-0.39, 0.29) is 0 Å². The summed E-state index contributed by atoms with van der Waals surface area (Å²) in [7, 11) is 0. The van der Waals surface area contributed by atoms with Crippen LogP contribution in [0.3, 0.4) is 0 Å². The molecule has 0 aliphatic carbocycles. The Labute approximate surface area is 126 Å². The lowest BCUT2D eigenvalue weighted by molar-refractivity contribution is 0.833. The fourth-order valence-corrected chi connectivity index (χ4v) is 2.36. The van der Waals surface area contributed by atoms with E-state index in [9.17, 15) is 0 Å². The number of benzene rings is 1. The van der Waals surface area contributed by atoms with Crippen LogP contribution in [-0.2, 0) is 6.42 Å². The Balaban J connectivity index is 2.45. The minimum Gasteiger partial charge on any atom is -0.233 e. The van der Waals surface area contributed by atoms with Crippen LogP contribution >= 0.6 is 11.6 Å². The third-order valence-electron chi connectivity index (χ3n) is 3.46. The molecule has 0 fully saturated rings. The predicted molar refractivity (Wildman–Crippen MR) is 85.3 cm³/mol. The summed E-state index contributed by atoms with van der Waals surface area (Å²) < 4.78 is 0. The van der Waals surface area contributed by atoms with Gasteiger partial charge in [0.15, 0.2) is 0 Å². The van der Waals surface area contributed by atoms with Crippen molar-refractivity contribution in [2.75, 3.05) is 0 Å². The van der Waals surface area contributed by atoms with Gasteiger partial charge in [-0.1, -0.05) is 56.6 Å². The van der Waals surface area contributed by atoms with Gasteiger partial charge in [0.05, 0.1) is 5.69 Å². The Morgan fingerprint density at radius 1 is 1.10 bits per heavy atom. The lowest BCUT2D eigenvalue weighted by Gasteiger charge is -2.11. The molecule has 0 saturated carbocycles. The molecule has 0 unspecified atom stereocenters. The molecule has 0 bridgehead atoms. The molecule has 1 aromatic heterocycles. The SMILES string of the molecule is CCCc1nc(Cl)c(C)c(-c2ccc(C(C)C)cc2)n1. The Morgan fingerprint density at radius 2 is 1.75 bits per heavy atom. The molecule has 0 amide bonds. The van der Waals surface area contributed by atoms with Crippen LogP contribution in [0.15, 0.2) is 24.3 Å². The highest BCUT2D eigenvalue weighted by Gasteiger charge is 2.11.